The van der Waals surface area contributed by atoms with Crippen LogP contribution in [0.25, 0.3) is 0 Å². The molecule has 0 radical (unpaired) electrons. The van der Waals surface area contributed by atoms with E-state index in [0.717, 1.165) is 26.1 Å². The van der Waals surface area contributed by atoms with Crippen molar-refractivity contribution >= 4 is 0 Å². The maximum atomic E-state index is 5.42. The predicted molar refractivity (Wildman–Crippen MR) is 56.4 cm³/mol. The standard InChI is InChI=1S/C10H24N2O/c1-3-5-6-7-10(12-11)9-13-8-4-2/h10,12H,3-9,11H2,1-2H3. The smallest absolute Gasteiger partial charge is 0.0633 e. The highest BCUT2D eigenvalue weighted by Gasteiger charge is 2.04. The highest BCUT2D eigenvalue weighted by molar-refractivity contribution is 4.61. The molecule has 0 fully saturated rings. The minimum absolute atomic E-state index is 0.332. The summed E-state index contributed by atoms with van der Waals surface area (Å²) >= 11 is 0. The third-order valence-electron chi connectivity index (χ3n) is 2.06. The van der Waals surface area contributed by atoms with E-state index in [1.54, 1.807) is 0 Å². The molecule has 0 aromatic carbocycles. The fourth-order valence-corrected chi connectivity index (χ4v) is 1.23. The first-order valence-electron chi connectivity index (χ1n) is 5.39. The Labute approximate surface area is 82.0 Å². The van der Waals surface area contributed by atoms with Gasteiger partial charge in [-0.1, -0.05) is 33.1 Å². The van der Waals surface area contributed by atoms with Gasteiger partial charge in [0.15, 0.2) is 0 Å². The van der Waals surface area contributed by atoms with E-state index in [-0.39, 0.29) is 0 Å². The van der Waals surface area contributed by atoms with Crippen LogP contribution < -0.4 is 11.3 Å². The Morgan fingerprint density at radius 2 is 2.00 bits per heavy atom. The topological polar surface area (TPSA) is 47.3 Å². The Balaban J connectivity index is 3.28. The lowest BCUT2D eigenvalue weighted by atomic mass is 10.1. The van der Waals surface area contributed by atoms with Crippen LogP contribution in [0, 0.1) is 0 Å². The Morgan fingerprint density at radius 1 is 1.23 bits per heavy atom. The van der Waals surface area contributed by atoms with E-state index in [1.165, 1.54) is 19.3 Å². The maximum Gasteiger partial charge on any atom is 0.0633 e. The Hall–Kier alpha value is -0.120. The normalized spacial score (nSPS) is 13.2. The number of hydrogen-bond acceptors (Lipinski definition) is 3. The lowest BCUT2D eigenvalue weighted by molar-refractivity contribution is 0.108. The maximum absolute atomic E-state index is 5.42. The quantitative estimate of drug-likeness (QED) is 0.330. The van der Waals surface area contributed by atoms with Crippen LogP contribution in [0.4, 0.5) is 0 Å². The number of ether oxygens (including phenoxy) is 1. The van der Waals surface area contributed by atoms with Gasteiger partial charge in [0.05, 0.1) is 6.61 Å². The monoisotopic (exact) mass is 188 g/mol. The summed E-state index contributed by atoms with van der Waals surface area (Å²) in [6, 6.07) is 0.332. The average molecular weight is 188 g/mol. The molecule has 1 atom stereocenters. The summed E-state index contributed by atoms with van der Waals surface area (Å²) in [5.74, 6) is 5.41. The molecule has 1 unspecified atom stereocenters. The van der Waals surface area contributed by atoms with E-state index >= 15 is 0 Å². The molecule has 13 heavy (non-hydrogen) atoms. The molecule has 0 amide bonds. The van der Waals surface area contributed by atoms with Crippen LogP contribution in [0.3, 0.4) is 0 Å². The van der Waals surface area contributed by atoms with Crippen LogP contribution in [-0.4, -0.2) is 19.3 Å². The Kier molecular flexibility index (Phi) is 9.87. The number of hydrogen-bond donors (Lipinski definition) is 2. The van der Waals surface area contributed by atoms with E-state index in [9.17, 15) is 0 Å². The average Bonchev–Trinajstić information content (AvgIpc) is 2.16. The van der Waals surface area contributed by atoms with Gasteiger partial charge in [-0.2, -0.15) is 0 Å². The molecule has 0 aliphatic rings. The summed E-state index contributed by atoms with van der Waals surface area (Å²) in [6.07, 6.45) is 5.97. The van der Waals surface area contributed by atoms with Crippen molar-refractivity contribution in [1.29, 1.82) is 0 Å². The van der Waals surface area contributed by atoms with Crippen LogP contribution in [0.2, 0.25) is 0 Å². The minimum atomic E-state index is 0.332. The third kappa shape index (κ3) is 8.22. The molecule has 0 spiro atoms. The molecule has 0 aliphatic heterocycles. The highest BCUT2D eigenvalue weighted by Crippen LogP contribution is 2.03. The van der Waals surface area contributed by atoms with Gasteiger partial charge in [-0.25, -0.2) is 0 Å². The fourth-order valence-electron chi connectivity index (χ4n) is 1.23. The van der Waals surface area contributed by atoms with Gasteiger partial charge < -0.3 is 4.74 Å². The zero-order chi connectivity index (χ0) is 9.94. The molecule has 0 saturated heterocycles. The van der Waals surface area contributed by atoms with E-state index < -0.39 is 0 Å². The molecule has 0 heterocycles. The molecule has 3 heteroatoms. The molecule has 0 aliphatic carbocycles. The van der Waals surface area contributed by atoms with E-state index in [2.05, 4.69) is 19.3 Å². The molecule has 0 bridgehead atoms. The first-order chi connectivity index (χ1) is 6.35. The molecular formula is C10H24N2O. The molecule has 0 aromatic rings. The number of hydrazine groups is 1. The van der Waals surface area contributed by atoms with Crippen molar-refractivity contribution < 1.29 is 4.74 Å². The van der Waals surface area contributed by atoms with Crippen LogP contribution in [-0.2, 0) is 4.74 Å². The van der Waals surface area contributed by atoms with E-state index in [0.29, 0.717) is 6.04 Å². The number of unbranched alkanes of at least 4 members (excludes halogenated alkanes) is 2. The van der Waals surface area contributed by atoms with E-state index in [4.69, 9.17) is 10.6 Å². The summed E-state index contributed by atoms with van der Waals surface area (Å²) in [7, 11) is 0. The Morgan fingerprint density at radius 3 is 2.54 bits per heavy atom. The lowest BCUT2D eigenvalue weighted by Gasteiger charge is -2.15. The van der Waals surface area contributed by atoms with Gasteiger partial charge in [-0.05, 0) is 12.8 Å². The van der Waals surface area contributed by atoms with E-state index in [1.807, 2.05) is 0 Å². The molecule has 0 rings (SSSR count). The van der Waals surface area contributed by atoms with Crippen molar-refractivity contribution in [2.45, 2.75) is 52.0 Å². The summed E-state index contributed by atoms with van der Waals surface area (Å²) < 4.78 is 5.42. The van der Waals surface area contributed by atoms with Crippen LogP contribution in [0.5, 0.6) is 0 Å². The van der Waals surface area contributed by atoms with Gasteiger partial charge in [0, 0.05) is 12.6 Å². The van der Waals surface area contributed by atoms with Gasteiger partial charge in [-0.3, -0.25) is 11.3 Å². The summed E-state index contributed by atoms with van der Waals surface area (Å²) in [6.45, 7) is 5.90. The fraction of sp³-hybridized carbons (Fsp3) is 1.00. The van der Waals surface area contributed by atoms with Gasteiger partial charge in [0.1, 0.15) is 0 Å². The minimum Gasteiger partial charge on any atom is -0.380 e. The van der Waals surface area contributed by atoms with Crippen molar-refractivity contribution in [1.82, 2.24) is 5.43 Å². The van der Waals surface area contributed by atoms with Gasteiger partial charge >= 0.3 is 0 Å². The Bertz CT molecular complexity index is 88.9. The zero-order valence-corrected chi connectivity index (χ0v) is 9.01. The predicted octanol–water partition coefficient (Wildman–Crippen LogP) is 1.83. The van der Waals surface area contributed by atoms with Crippen molar-refractivity contribution in [3.63, 3.8) is 0 Å². The van der Waals surface area contributed by atoms with Gasteiger partial charge in [-0.15, -0.1) is 0 Å². The number of rotatable bonds is 9. The summed E-state index contributed by atoms with van der Waals surface area (Å²) in [5, 5.41) is 0. The molecular weight excluding hydrogens is 164 g/mol. The molecule has 3 N–H and O–H groups in total. The highest BCUT2D eigenvalue weighted by atomic mass is 16.5. The van der Waals surface area contributed by atoms with Crippen molar-refractivity contribution in [2.24, 2.45) is 5.84 Å². The lowest BCUT2D eigenvalue weighted by Crippen LogP contribution is -2.38. The van der Waals surface area contributed by atoms with Crippen molar-refractivity contribution in [3.05, 3.63) is 0 Å². The summed E-state index contributed by atoms with van der Waals surface area (Å²) in [4.78, 5) is 0. The van der Waals surface area contributed by atoms with Crippen molar-refractivity contribution in [2.75, 3.05) is 13.2 Å². The zero-order valence-electron chi connectivity index (χ0n) is 9.01. The largest absolute Gasteiger partial charge is 0.380 e. The second kappa shape index (κ2) is 9.96. The third-order valence-corrected chi connectivity index (χ3v) is 2.06. The molecule has 0 saturated carbocycles. The molecule has 3 nitrogen and oxygen atoms in total. The second-order valence-electron chi connectivity index (χ2n) is 3.43. The van der Waals surface area contributed by atoms with Crippen molar-refractivity contribution in [3.8, 4) is 0 Å². The first kappa shape index (κ1) is 12.9. The van der Waals surface area contributed by atoms with Crippen LogP contribution >= 0.6 is 0 Å². The van der Waals surface area contributed by atoms with Gasteiger partial charge in [0.2, 0.25) is 0 Å². The molecule has 0 aromatic heterocycles. The number of nitrogens with two attached hydrogens (primary N) is 1. The first-order valence-corrected chi connectivity index (χ1v) is 5.39. The second-order valence-corrected chi connectivity index (χ2v) is 3.43. The van der Waals surface area contributed by atoms with Crippen LogP contribution in [0.1, 0.15) is 46.0 Å². The van der Waals surface area contributed by atoms with Gasteiger partial charge in [0.25, 0.3) is 0 Å². The SMILES string of the molecule is CCCCCC(COCCC)NN. The van der Waals surface area contributed by atoms with Crippen LogP contribution in [0.15, 0.2) is 0 Å². The molecule has 80 valence electrons. The number of nitrogens with one attached hydrogen (secondary N) is 1. The summed E-state index contributed by atoms with van der Waals surface area (Å²) in [5.41, 5.74) is 2.79.